The zero-order valence-corrected chi connectivity index (χ0v) is 15.4. The van der Waals surface area contributed by atoms with Gasteiger partial charge in [0, 0.05) is 32.1 Å². The summed E-state index contributed by atoms with van der Waals surface area (Å²) in [5, 5.41) is 0. The van der Waals surface area contributed by atoms with E-state index in [1.165, 1.54) is 4.57 Å². The molecule has 0 saturated carbocycles. The number of nitrogens with zero attached hydrogens (tertiary/aromatic N) is 4. The number of carbonyl (C=O) groups is 1. The Morgan fingerprint density at radius 1 is 1.37 bits per heavy atom. The normalized spacial score (nSPS) is 17.1. The summed E-state index contributed by atoms with van der Waals surface area (Å²) in [5.74, 6) is 0.275. The molecule has 0 radical (unpaired) electrons. The van der Waals surface area contributed by atoms with Crippen molar-refractivity contribution in [3.05, 3.63) is 52.5 Å². The van der Waals surface area contributed by atoms with E-state index in [1.54, 1.807) is 30.2 Å². The van der Waals surface area contributed by atoms with Gasteiger partial charge >= 0.3 is 5.76 Å². The van der Waals surface area contributed by atoms with Gasteiger partial charge in [-0.2, -0.15) is 0 Å². The maximum absolute atomic E-state index is 12.8. The molecule has 27 heavy (non-hydrogen) atoms. The summed E-state index contributed by atoms with van der Waals surface area (Å²) in [7, 11) is 1.64. The minimum absolute atomic E-state index is 0.0175. The minimum Gasteiger partial charge on any atom is -0.408 e. The van der Waals surface area contributed by atoms with Crippen LogP contribution < -0.4 is 5.76 Å². The number of hydrogen-bond donors (Lipinski definition) is 0. The van der Waals surface area contributed by atoms with Crippen molar-refractivity contribution in [3.8, 4) is 0 Å². The van der Waals surface area contributed by atoms with E-state index in [0.29, 0.717) is 30.8 Å². The Kier molecular flexibility index (Phi) is 4.57. The van der Waals surface area contributed by atoms with E-state index in [9.17, 15) is 9.59 Å². The molecule has 0 N–H and O–H groups in total. The highest BCUT2D eigenvalue weighted by molar-refractivity contribution is 5.79. The van der Waals surface area contributed by atoms with Crippen LogP contribution in [0.5, 0.6) is 0 Å². The number of methoxy groups -OCH3 is 1. The number of amides is 1. The van der Waals surface area contributed by atoms with Gasteiger partial charge in [-0.25, -0.2) is 9.78 Å². The van der Waals surface area contributed by atoms with Crippen LogP contribution in [0, 0.1) is 6.92 Å². The average molecular weight is 370 g/mol. The van der Waals surface area contributed by atoms with Crippen molar-refractivity contribution in [2.45, 2.75) is 32.5 Å². The first-order valence-electron chi connectivity index (χ1n) is 8.96. The molecule has 0 aliphatic carbocycles. The largest absolute Gasteiger partial charge is 0.420 e. The maximum atomic E-state index is 12.8. The van der Waals surface area contributed by atoms with E-state index in [2.05, 4.69) is 9.55 Å². The Bertz CT molecular complexity index is 1030. The number of imidazole rings is 1. The van der Waals surface area contributed by atoms with Crippen LogP contribution in [-0.4, -0.2) is 45.1 Å². The highest BCUT2D eigenvalue weighted by Gasteiger charge is 2.30. The SMILES string of the molecule is COCc1ncc(C)n1C1CCN(C(=O)Cn2c(=O)oc3ccccc32)C1. The molecule has 1 unspecified atom stereocenters. The van der Waals surface area contributed by atoms with Gasteiger partial charge < -0.3 is 18.6 Å². The molecule has 1 aliphatic rings. The zero-order chi connectivity index (χ0) is 19.0. The van der Waals surface area contributed by atoms with Crippen LogP contribution >= 0.6 is 0 Å². The van der Waals surface area contributed by atoms with Crippen LogP contribution in [0.25, 0.3) is 11.1 Å². The van der Waals surface area contributed by atoms with Crippen molar-refractivity contribution in [2.75, 3.05) is 20.2 Å². The maximum Gasteiger partial charge on any atom is 0.420 e. The number of likely N-dealkylation sites (tertiary alicyclic amines) is 1. The third-order valence-corrected chi connectivity index (χ3v) is 5.08. The third-order valence-electron chi connectivity index (χ3n) is 5.08. The zero-order valence-electron chi connectivity index (χ0n) is 15.4. The molecule has 4 rings (SSSR count). The van der Waals surface area contributed by atoms with Crippen LogP contribution in [0.15, 0.2) is 39.7 Å². The van der Waals surface area contributed by atoms with Gasteiger partial charge in [0.25, 0.3) is 0 Å². The molecule has 0 bridgehead atoms. The van der Waals surface area contributed by atoms with Gasteiger partial charge in [0.05, 0.1) is 11.6 Å². The van der Waals surface area contributed by atoms with Crippen molar-refractivity contribution in [2.24, 2.45) is 0 Å². The number of carbonyl (C=O) groups excluding carboxylic acids is 1. The predicted octanol–water partition coefficient (Wildman–Crippen LogP) is 1.72. The molecule has 1 fully saturated rings. The first-order valence-corrected chi connectivity index (χ1v) is 8.96. The number of hydrogen-bond acceptors (Lipinski definition) is 5. The highest BCUT2D eigenvalue weighted by Crippen LogP contribution is 2.25. The van der Waals surface area contributed by atoms with Crippen molar-refractivity contribution in [1.29, 1.82) is 0 Å². The number of rotatable bonds is 5. The fourth-order valence-corrected chi connectivity index (χ4v) is 3.81. The standard InChI is InChI=1S/C19H22N4O4/c1-13-9-20-17(12-26-2)23(13)14-7-8-21(10-14)18(24)11-22-15-5-3-4-6-16(15)27-19(22)25/h3-6,9,14H,7-8,10-12H2,1-2H3. The lowest BCUT2D eigenvalue weighted by Gasteiger charge is -2.19. The fraction of sp³-hybridized carbons (Fsp3) is 0.421. The molecule has 142 valence electrons. The molecule has 1 atom stereocenters. The molecule has 2 aromatic heterocycles. The second-order valence-corrected chi connectivity index (χ2v) is 6.82. The molecule has 1 amide bonds. The lowest BCUT2D eigenvalue weighted by atomic mass is 10.2. The number of fused-ring (bicyclic) bond motifs is 1. The van der Waals surface area contributed by atoms with E-state index in [0.717, 1.165) is 17.9 Å². The number of para-hydroxylation sites is 2. The monoisotopic (exact) mass is 370 g/mol. The number of aryl methyl sites for hydroxylation is 1. The number of oxazole rings is 1. The number of aromatic nitrogens is 3. The quantitative estimate of drug-likeness (QED) is 0.683. The van der Waals surface area contributed by atoms with Crippen molar-refractivity contribution >= 4 is 17.0 Å². The fourth-order valence-electron chi connectivity index (χ4n) is 3.81. The molecule has 8 nitrogen and oxygen atoms in total. The van der Waals surface area contributed by atoms with Gasteiger partial charge in [-0.1, -0.05) is 12.1 Å². The molecule has 1 aliphatic heterocycles. The highest BCUT2D eigenvalue weighted by atomic mass is 16.5. The van der Waals surface area contributed by atoms with E-state index in [-0.39, 0.29) is 18.5 Å². The van der Waals surface area contributed by atoms with Crippen molar-refractivity contribution in [1.82, 2.24) is 19.0 Å². The minimum atomic E-state index is -0.506. The van der Waals surface area contributed by atoms with Gasteiger partial charge in [-0.05, 0) is 25.5 Å². The molecule has 0 spiro atoms. The Morgan fingerprint density at radius 2 is 2.19 bits per heavy atom. The molecule has 1 aromatic carbocycles. The number of ether oxygens (including phenoxy) is 1. The summed E-state index contributed by atoms with van der Waals surface area (Å²) in [4.78, 5) is 31.1. The molecule has 1 saturated heterocycles. The second kappa shape index (κ2) is 7.03. The summed E-state index contributed by atoms with van der Waals surface area (Å²) in [6.07, 6.45) is 2.68. The van der Waals surface area contributed by atoms with Gasteiger partial charge in [0.1, 0.15) is 19.0 Å². The van der Waals surface area contributed by atoms with Crippen molar-refractivity contribution in [3.63, 3.8) is 0 Å². The Labute approximate surface area is 156 Å². The van der Waals surface area contributed by atoms with Gasteiger partial charge in [0.15, 0.2) is 5.58 Å². The smallest absolute Gasteiger partial charge is 0.408 e. The van der Waals surface area contributed by atoms with E-state index >= 15 is 0 Å². The Hall–Kier alpha value is -2.87. The second-order valence-electron chi connectivity index (χ2n) is 6.82. The lowest BCUT2D eigenvalue weighted by Crippen LogP contribution is -2.34. The van der Waals surface area contributed by atoms with Crippen LogP contribution in [0.3, 0.4) is 0 Å². The van der Waals surface area contributed by atoms with Crippen molar-refractivity contribution < 1.29 is 13.9 Å². The van der Waals surface area contributed by atoms with E-state index in [4.69, 9.17) is 9.15 Å². The summed E-state index contributed by atoms with van der Waals surface area (Å²) in [6.45, 7) is 3.67. The summed E-state index contributed by atoms with van der Waals surface area (Å²) >= 11 is 0. The van der Waals surface area contributed by atoms with Gasteiger partial charge in [-0.15, -0.1) is 0 Å². The first kappa shape index (κ1) is 17.5. The van der Waals surface area contributed by atoms with E-state index in [1.807, 2.05) is 19.2 Å². The predicted molar refractivity (Wildman–Crippen MR) is 98.4 cm³/mol. The van der Waals surface area contributed by atoms with Crippen LogP contribution in [0.2, 0.25) is 0 Å². The summed E-state index contributed by atoms with van der Waals surface area (Å²) in [6, 6.07) is 7.30. The van der Waals surface area contributed by atoms with Gasteiger partial charge in [-0.3, -0.25) is 9.36 Å². The summed E-state index contributed by atoms with van der Waals surface area (Å²) in [5.41, 5.74) is 2.19. The molecule has 8 heteroatoms. The van der Waals surface area contributed by atoms with Crippen LogP contribution in [0.4, 0.5) is 0 Å². The number of benzene rings is 1. The Balaban J connectivity index is 1.51. The third kappa shape index (κ3) is 3.16. The lowest BCUT2D eigenvalue weighted by molar-refractivity contribution is -0.130. The van der Waals surface area contributed by atoms with Crippen LogP contribution in [0.1, 0.15) is 24.0 Å². The van der Waals surface area contributed by atoms with Gasteiger partial charge in [0.2, 0.25) is 5.91 Å². The first-order chi connectivity index (χ1) is 13.1. The topological polar surface area (TPSA) is 82.5 Å². The Morgan fingerprint density at radius 3 is 3.00 bits per heavy atom. The molecule has 3 aromatic rings. The average Bonchev–Trinajstić information content (AvgIpc) is 3.34. The van der Waals surface area contributed by atoms with E-state index < -0.39 is 5.76 Å². The summed E-state index contributed by atoms with van der Waals surface area (Å²) < 4.78 is 14.0. The molecular formula is C19H22N4O4. The molecule has 3 heterocycles. The molecular weight excluding hydrogens is 348 g/mol. The van der Waals surface area contributed by atoms with Crippen LogP contribution in [-0.2, 0) is 22.7 Å².